The number of likely N-dealkylation sites (tertiary alicyclic amines) is 2. The minimum Gasteiger partial charge on any atom is -0.492 e. The third kappa shape index (κ3) is 3.64. The van der Waals surface area contributed by atoms with Gasteiger partial charge in [-0.15, -0.1) is 0 Å². The summed E-state index contributed by atoms with van der Waals surface area (Å²) in [5, 5.41) is 3.20. The van der Waals surface area contributed by atoms with Crippen molar-refractivity contribution < 1.29 is 23.5 Å². The predicted octanol–water partition coefficient (Wildman–Crippen LogP) is 1.74. The average molecular weight is 424 g/mol. The maximum Gasteiger partial charge on any atom is 0.320 e. The first-order valence-corrected chi connectivity index (χ1v) is 10.4. The largest absolute Gasteiger partial charge is 0.492 e. The summed E-state index contributed by atoms with van der Waals surface area (Å²) < 4.78 is 24.4. The molecule has 3 aliphatic heterocycles. The molecule has 29 heavy (non-hydrogen) atoms. The molecule has 5 atom stereocenters. The fraction of sp³-hybridized carbons (Fsp3) is 0.600. The number of carbonyl (C=O) groups excluding carboxylic acids is 2. The summed E-state index contributed by atoms with van der Waals surface area (Å²) in [7, 11) is 0. The first kappa shape index (κ1) is 18.9. The van der Waals surface area contributed by atoms with Crippen molar-refractivity contribution >= 4 is 23.5 Å². The summed E-state index contributed by atoms with van der Waals surface area (Å²) in [6.45, 7) is 3.23. The number of nitrogens with one attached hydrogen (secondary N) is 1. The van der Waals surface area contributed by atoms with E-state index in [4.69, 9.17) is 21.1 Å². The van der Waals surface area contributed by atoms with Crippen molar-refractivity contribution in [2.24, 2.45) is 17.8 Å². The zero-order chi connectivity index (χ0) is 20.1. The van der Waals surface area contributed by atoms with Crippen molar-refractivity contribution in [2.45, 2.75) is 18.6 Å². The van der Waals surface area contributed by atoms with E-state index in [1.54, 1.807) is 6.07 Å². The molecule has 7 nitrogen and oxygen atoms in total. The molecule has 1 aliphatic carbocycles. The van der Waals surface area contributed by atoms with Crippen molar-refractivity contribution in [3.8, 4) is 5.75 Å². The van der Waals surface area contributed by atoms with E-state index in [2.05, 4.69) is 5.32 Å². The number of nitrogens with zero attached hydrogens (tertiary/aromatic N) is 2. The van der Waals surface area contributed by atoms with Crippen LogP contribution in [0.4, 0.5) is 9.18 Å². The fourth-order valence-electron chi connectivity index (χ4n) is 4.90. The van der Waals surface area contributed by atoms with E-state index in [0.29, 0.717) is 43.2 Å². The summed E-state index contributed by atoms with van der Waals surface area (Å²) in [5.41, 5.74) is 0. The van der Waals surface area contributed by atoms with Gasteiger partial charge in [-0.25, -0.2) is 9.18 Å². The number of carbonyl (C=O) groups is 2. The predicted molar refractivity (Wildman–Crippen MR) is 102 cm³/mol. The zero-order valence-corrected chi connectivity index (χ0v) is 16.6. The summed E-state index contributed by atoms with van der Waals surface area (Å²) in [6.07, 6.45) is 0.746. The smallest absolute Gasteiger partial charge is 0.320 e. The molecule has 0 spiro atoms. The number of benzene rings is 1. The zero-order valence-electron chi connectivity index (χ0n) is 15.9. The lowest BCUT2D eigenvalue weighted by Gasteiger charge is -2.42. The van der Waals surface area contributed by atoms with E-state index >= 15 is 0 Å². The van der Waals surface area contributed by atoms with Crippen LogP contribution in [0.3, 0.4) is 0 Å². The molecule has 1 aromatic carbocycles. The molecule has 1 unspecified atom stereocenters. The molecular formula is C20H23ClFN3O4. The molecule has 3 heterocycles. The molecular weight excluding hydrogens is 401 g/mol. The molecule has 1 N–H and O–H groups in total. The average Bonchev–Trinajstić information content (AvgIpc) is 3.15. The summed E-state index contributed by atoms with van der Waals surface area (Å²) >= 11 is 6.00. The number of urea groups is 1. The molecule has 0 bridgehead atoms. The monoisotopic (exact) mass is 423 g/mol. The van der Waals surface area contributed by atoms with Gasteiger partial charge in [0.2, 0.25) is 5.91 Å². The van der Waals surface area contributed by atoms with Crippen molar-refractivity contribution in [3.05, 3.63) is 29.0 Å². The fourth-order valence-corrected chi connectivity index (χ4v) is 5.13. The highest BCUT2D eigenvalue weighted by Gasteiger charge is 2.57. The number of amides is 3. The number of ether oxygens (including phenoxy) is 2. The lowest BCUT2D eigenvalue weighted by molar-refractivity contribution is -0.139. The molecule has 4 fully saturated rings. The molecule has 156 valence electrons. The Morgan fingerprint density at radius 2 is 2.07 bits per heavy atom. The van der Waals surface area contributed by atoms with Crippen LogP contribution in [-0.4, -0.2) is 73.3 Å². The summed E-state index contributed by atoms with van der Waals surface area (Å²) in [6, 6.07) is 4.04. The highest BCUT2D eigenvalue weighted by atomic mass is 35.5. The van der Waals surface area contributed by atoms with Gasteiger partial charge in [0, 0.05) is 32.1 Å². The molecule has 3 amide bonds. The molecule has 9 heteroatoms. The van der Waals surface area contributed by atoms with Gasteiger partial charge in [0.25, 0.3) is 0 Å². The molecule has 0 radical (unpaired) electrons. The molecule has 3 saturated heterocycles. The first-order chi connectivity index (χ1) is 14.0. The van der Waals surface area contributed by atoms with Gasteiger partial charge in [-0.3, -0.25) is 4.79 Å². The molecule has 1 saturated carbocycles. The van der Waals surface area contributed by atoms with Crippen molar-refractivity contribution in [3.63, 3.8) is 0 Å². The second-order valence-corrected chi connectivity index (χ2v) is 8.73. The van der Waals surface area contributed by atoms with Crippen LogP contribution in [0.1, 0.15) is 6.42 Å². The first-order valence-electron chi connectivity index (χ1n) is 10.0. The van der Waals surface area contributed by atoms with Gasteiger partial charge in [-0.1, -0.05) is 11.6 Å². The van der Waals surface area contributed by atoms with Crippen molar-refractivity contribution in [1.82, 2.24) is 15.1 Å². The topological polar surface area (TPSA) is 71.1 Å². The quantitative estimate of drug-likeness (QED) is 0.804. The normalized spacial score (nSPS) is 33.0. The Hall–Kier alpha value is -2.06. The third-order valence-electron chi connectivity index (χ3n) is 6.56. The van der Waals surface area contributed by atoms with Gasteiger partial charge < -0.3 is 24.6 Å². The van der Waals surface area contributed by atoms with Gasteiger partial charge in [-0.2, -0.15) is 0 Å². The highest BCUT2D eigenvalue weighted by Crippen LogP contribution is 2.52. The van der Waals surface area contributed by atoms with Gasteiger partial charge in [0.1, 0.15) is 18.2 Å². The Morgan fingerprint density at radius 1 is 1.28 bits per heavy atom. The number of piperidine rings is 2. The van der Waals surface area contributed by atoms with E-state index in [9.17, 15) is 14.0 Å². The van der Waals surface area contributed by atoms with Crippen LogP contribution >= 0.6 is 11.6 Å². The standard InChI is InChI=1S/C20H23ClFN3O4/c21-15-5-11(22)1-2-17(15)28-9-14-12-6-25(7-13(12)14)20(27)24-4-3-18-16(8-24)23-19(26)10-29-18/h1-2,5,12-14,16,18H,3-4,6-10H2,(H,23,26)/t12-,13+,14?,16-,18+/m1/s1. The summed E-state index contributed by atoms with van der Waals surface area (Å²) in [5.74, 6) is 1.26. The molecule has 1 aromatic rings. The van der Waals surface area contributed by atoms with Gasteiger partial charge in [-0.05, 0) is 36.5 Å². The van der Waals surface area contributed by atoms with Crippen molar-refractivity contribution in [2.75, 3.05) is 39.4 Å². The second-order valence-electron chi connectivity index (χ2n) is 8.32. The van der Waals surface area contributed by atoms with Crippen LogP contribution < -0.4 is 10.1 Å². The van der Waals surface area contributed by atoms with E-state index in [1.165, 1.54) is 12.1 Å². The number of hydrogen-bond acceptors (Lipinski definition) is 4. The maximum atomic E-state index is 13.1. The Morgan fingerprint density at radius 3 is 2.83 bits per heavy atom. The Kier molecular flexibility index (Phi) is 4.78. The minimum atomic E-state index is -0.386. The Bertz CT molecular complexity index is 828. The Balaban J connectivity index is 1.11. The number of hydrogen-bond donors (Lipinski definition) is 1. The van der Waals surface area contributed by atoms with Crippen LogP contribution in [0.2, 0.25) is 5.02 Å². The maximum absolute atomic E-state index is 13.1. The van der Waals surface area contributed by atoms with Crippen LogP contribution in [0, 0.1) is 23.6 Å². The highest BCUT2D eigenvalue weighted by molar-refractivity contribution is 6.32. The molecule has 4 aliphatic rings. The van der Waals surface area contributed by atoms with Gasteiger partial charge in [0.15, 0.2) is 0 Å². The van der Waals surface area contributed by atoms with E-state index in [0.717, 1.165) is 19.5 Å². The van der Waals surface area contributed by atoms with Crippen LogP contribution in [0.25, 0.3) is 0 Å². The van der Waals surface area contributed by atoms with E-state index in [-0.39, 0.29) is 41.5 Å². The van der Waals surface area contributed by atoms with E-state index < -0.39 is 0 Å². The SMILES string of the molecule is O=C1CO[C@H]2CCN(C(=O)N3C[C@@H]4C(COc5ccc(F)cc5Cl)[C@@H]4C3)C[C@H]2N1. The number of rotatable bonds is 3. The van der Waals surface area contributed by atoms with Gasteiger partial charge >= 0.3 is 6.03 Å². The summed E-state index contributed by atoms with van der Waals surface area (Å²) in [4.78, 5) is 28.2. The van der Waals surface area contributed by atoms with E-state index in [1.807, 2.05) is 9.80 Å². The van der Waals surface area contributed by atoms with Crippen LogP contribution in [-0.2, 0) is 9.53 Å². The molecule has 0 aromatic heterocycles. The van der Waals surface area contributed by atoms with Gasteiger partial charge in [0.05, 0.1) is 23.8 Å². The minimum absolute atomic E-state index is 0.00328. The van der Waals surface area contributed by atoms with Crippen molar-refractivity contribution in [1.29, 1.82) is 0 Å². The molecule has 5 rings (SSSR count). The number of fused-ring (bicyclic) bond motifs is 2. The number of morpholine rings is 1. The third-order valence-corrected chi connectivity index (χ3v) is 6.86. The number of halogens is 2. The lowest BCUT2D eigenvalue weighted by atomic mass is 10.0. The van der Waals surface area contributed by atoms with Crippen LogP contribution in [0.15, 0.2) is 18.2 Å². The second kappa shape index (κ2) is 7.32. The lowest BCUT2D eigenvalue weighted by Crippen LogP contribution is -2.62. The Labute approximate surface area is 173 Å². The van der Waals surface area contributed by atoms with Crippen LogP contribution in [0.5, 0.6) is 5.75 Å².